The van der Waals surface area contributed by atoms with Crippen molar-refractivity contribution >= 4 is 0 Å². The highest BCUT2D eigenvalue weighted by Gasteiger charge is 2.08. The van der Waals surface area contributed by atoms with Gasteiger partial charge in [-0.1, -0.05) is 32.4 Å². The molecular formula is C17H29NO2. The number of rotatable bonds is 11. The van der Waals surface area contributed by atoms with E-state index in [0.29, 0.717) is 6.04 Å². The molecule has 1 aromatic carbocycles. The van der Waals surface area contributed by atoms with Gasteiger partial charge in [-0.05, 0) is 43.5 Å². The van der Waals surface area contributed by atoms with Crippen molar-refractivity contribution in [3.8, 4) is 5.75 Å². The van der Waals surface area contributed by atoms with Crippen molar-refractivity contribution in [2.24, 2.45) is 0 Å². The van der Waals surface area contributed by atoms with E-state index in [4.69, 9.17) is 9.47 Å². The number of unbranched alkanes of at least 4 members (excludes halogenated alkanes) is 1. The van der Waals surface area contributed by atoms with E-state index in [9.17, 15) is 0 Å². The number of nitrogens with one attached hydrogen (secondary N) is 1. The minimum absolute atomic E-state index is 0.413. The first-order valence-corrected chi connectivity index (χ1v) is 7.76. The summed E-state index contributed by atoms with van der Waals surface area (Å²) in [6, 6.07) is 8.73. The van der Waals surface area contributed by atoms with Gasteiger partial charge in [0.05, 0.1) is 7.11 Å². The van der Waals surface area contributed by atoms with Crippen LogP contribution < -0.4 is 10.1 Å². The van der Waals surface area contributed by atoms with Crippen molar-refractivity contribution < 1.29 is 9.47 Å². The van der Waals surface area contributed by atoms with Gasteiger partial charge in [0.15, 0.2) is 0 Å². The zero-order valence-electron chi connectivity index (χ0n) is 13.2. The molecule has 0 aliphatic rings. The minimum Gasteiger partial charge on any atom is -0.497 e. The molecule has 1 unspecified atom stereocenters. The smallest absolute Gasteiger partial charge is 0.118 e. The fourth-order valence-electron chi connectivity index (χ4n) is 2.13. The molecule has 0 saturated carbocycles. The Hall–Kier alpha value is -1.06. The van der Waals surface area contributed by atoms with Crippen LogP contribution in [0.4, 0.5) is 0 Å². The first-order valence-electron chi connectivity index (χ1n) is 7.76. The van der Waals surface area contributed by atoms with Crippen LogP contribution in [-0.4, -0.2) is 26.9 Å². The van der Waals surface area contributed by atoms with E-state index >= 15 is 0 Å². The number of methoxy groups -OCH3 is 1. The zero-order valence-corrected chi connectivity index (χ0v) is 13.2. The fourth-order valence-corrected chi connectivity index (χ4v) is 2.13. The van der Waals surface area contributed by atoms with Crippen LogP contribution in [0.1, 0.15) is 51.1 Å². The average molecular weight is 279 g/mol. The van der Waals surface area contributed by atoms with Gasteiger partial charge in [0, 0.05) is 19.3 Å². The summed E-state index contributed by atoms with van der Waals surface area (Å²) in [6.45, 7) is 7.14. The van der Waals surface area contributed by atoms with E-state index in [1.807, 2.05) is 12.1 Å². The van der Waals surface area contributed by atoms with Gasteiger partial charge in [0.2, 0.25) is 0 Å². The molecule has 3 heteroatoms. The van der Waals surface area contributed by atoms with Crippen molar-refractivity contribution in [1.29, 1.82) is 0 Å². The van der Waals surface area contributed by atoms with Gasteiger partial charge in [0.25, 0.3) is 0 Å². The Balaban J connectivity index is 2.24. The first kappa shape index (κ1) is 17.0. The van der Waals surface area contributed by atoms with Gasteiger partial charge in [-0.25, -0.2) is 0 Å². The van der Waals surface area contributed by atoms with Crippen molar-refractivity contribution in [1.82, 2.24) is 5.32 Å². The summed E-state index contributed by atoms with van der Waals surface area (Å²) < 4.78 is 10.8. The highest BCUT2D eigenvalue weighted by molar-refractivity contribution is 5.29. The number of hydrogen-bond acceptors (Lipinski definition) is 3. The Labute approximate surface area is 123 Å². The minimum atomic E-state index is 0.413. The van der Waals surface area contributed by atoms with E-state index in [2.05, 4.69) is 31.3 Å². The Kier molecular flexibility index (Phi) is 9.09. The predicted molar refractivity (Wildman–Crippen MR) is 84.4 cm³/mol. The molecule has 20 heavy (non-hydrogen) atoms. The molecule has 1 rings (SSSR count). The Morgan fingerprint density at radius 2 is 1.75 bits per heavy atom. The number of hydrogen-bond donors (Lipinski definition) is 1. The third kappa shape index (κ3) is 6.40. The molecule has 1 atom stereocenters. The van der Waals surface area contributed by atoms with Gasteiger partial charge in [-0.3, -0.25) is 0 Å². The molecule has 0 aromatic heterocycles. The normalized spacial score (nSPS) is 12.3. The van der Waals surface area contributed by atoms with Crippen LogP contribution in [0.3, 0.4) is 0 Å². The van der Waals surface area contributed by atoms with E-state index in [-0.39, 0.29) is 0 Å². The van der Waals surface area contributed by atoms with Crippen LogP contribution in [0.15, 0.2) is 24.3 Å². The lowest BCUT2D eigenvalue weighted by Gasteiger charge is -2.17. The summed E-state index contributed by atoms with van der Waals surface area (Å²) in [5.41, 5.74) is 1.32. The van der Waals surface area contributed by atoms with E-state index in [0.717, 1.165) is 44.8 Å². The van der Waals surface area contributed by atoms with E-state index in [1.165, 1.54) is 12.0 Å². The monoisotopic (exact) mass is 279 g/mol. The molecule has 0 amide bonds. The molecule has 1 aromatic rings. The topological polar surface area (TPSA) is 30.5 Å². The van der Waals surface area contributed by atoms with Crippen molar-refractivity contribution in [2.75, 3.05) is 26.9 Å². The summed E-state index contributed by atoms with van der Waals surface area (Å²) in [5.74, 6) is 0.910. The van der Waals surface area contributed by atoms with Gasteiger partial charge in [0.1, 0.15) is 5.75 Å². The van der Waals surface area contributed by atoms with E-state index < -0.39 is 0 Å². The second-order valence-corrected chi connectivity index (χ2v) is 5.01. The SMILES string of the molecule is CCCCOCCCNC(CC)c1ccc(OC)cc1. The fraction of sp³-hybridized carbons (Fsp3) is 0.647. The molecule has 0 heterocycles. The van der Waals surface area contributed by atoms with Crippen molar-refractivity contribution in [2.45, 2.75) is 45.6 Å². The molecule has 0 spiro atoms. The maximum absolute atomic E-state index is 5.57. The van der Waals surface area contributed by atoms with Gasteiger partial charge in [-0.15, -0.1) is 0 Å². The lowest BCUT2D eigenvalue weighted by molar-refractivity contribution is 0.128. The third-order valence-electron chi connectivity index (χ3n) is 3.42. The van der Waals surface area contributed by atoms with Crippen LogP contribution in [-0.2, 0) is 4.74 Å². The maximum atomic E-state index is 5.57. The Morgan fingerprint density at radius 1 is 1.05 bits per heavy atom. The molecule has 1 N–H and O–H groups in total. The molecule has 0 saturated heterocycles. The van der Waals surface area contributed by atoms with Gasteiger partial charge >= 0.3 is 0 Å². The highest BCUT2D eigenvalue weighted by atomic mass is 16.5. The second-order valence-electron chi connectivity index (χ2n) is 5.01. The molecule has 0 aliphatic heterocycles. The van der Waals surface area contributed by atoms with Crippen LogP contribution in [0.5, 0.6) is 5.75 Å². The highest BCUT2D eigenvalue weighted by Crippen LogP contribution is 2.19. The molecule has 0 aliphatic carbocycles. The maximum Gasteiger partial charge on any atom is 0.118 e. The molecule has 0 bridgehead atoms. The molecule has 0 radical (unpaired) electrons. The van der Waals surface area contributed by atoms with Gasteiger partial charge < -0.3 is 14.8 Å². The summed E-state index contributed by atoms with van der Waals surface area (Å²) in [6.07, 6.45) is 4.52. The van der Waals surface area contributed by atoms with Crippen LogP contribution >= 0.6 is 0 Å². The average Bonchev–Trinajstić information content (AvgIpc) is 2.50. The molecule has 114 valence electrons. The molecule has 3 nitrogen and oxygen atoms in total. The first-order chi connectivity index (χ1) is 9.81. The largest absolute Gasteiger partial charge is 0.497 e. The quantitative estimate of drug-likeness (QED) is 0.622. The standard InChI is InChI=1S/C17H29NO2/c1-4-6-13-20-14-7-12-18-17(5-2)15-8-10-16(19-3)11-9-15/h8-11,17-18H,4-7,12-14H2,1-3H3. The second kappa shape index (κ2) is 10.7. The number of ether oxygens (including phenoxy) is 2. The lowest BCUT2D eigenvalue weighted by Crippen LogP contribution is -2.22. The predicted octanol–water partition coefficient (Wildman–Crippen LogP) is 3.94. The van der Waals surface area contributed by atoms with Crippen LogP contribution in [0.2, 0.25) is 0 Å². The molecule has 0 fully saturated rings. The van der Waals surface area contributed by atoms with Crippen molar-refractivity contribution in [3.05, 3.63) is 29.8 Å². The lowest BCUT2D eigenvalue weighted by atomic mass is 10.0. The summed E-state index contributed by atoms with van der Waals surface area (Å²) >= 11 is 0. The summed E-state index contributed by atoms with van der Waals surface area (Å²) in [7, 11) is 1.70. The van der Waals surface area contributed by atoms with Crippen molar-refractivity contribution in [3.63, 3.8) is 0 Å². The number of benzene rings is 1. The van der Waals surface area contributed by atoms with Crippen LogP contribution in [0, 0.1) is 0 Å². The van der Waals surface area contributed by atoms with E-state index in [1.54, 1.807) is 7.11 Å². The van der Waals surface area contributed by atoms with Crippen LogP contribution in [0.25, 0.3) is 0 Å². The molecular weight excluding hydrogens is 250 g/mol. The zero-order chi connectivity index (χ0) is 14.6. The summed E-state index contributed by atoms with van der Waals surface area (Å²) in [5, 5.41) is 3.59. The Bertz CT molecular complexity index is 337. The Morgan fingerprint density at radius 3 is 2.35 bits per heavy atom. The summed E-state index contributed by atoms with van der Waals surface area (Å²) in [4.78, 5) is 0. The van der Waals surface area contributed by atoms with Gasteiger partial charge in [-0.2, -0.15) is 0 Å². The third-order valence-corrected chi connectivity index (χ3v) is 3.42.